The molecular weight excluding hydrogens is 332 g/mol. The van der Waals surface area contributed by atoms with Crippen LogP contribution in [0.25, 0.3) is 0 Å². The Morgan fingerprint density at radius 3 is 2.23 bits per heavy atom. The minimum absolute atomic E-state index is 0.00954. The summed E-state index contributed by atoms with van der Waals surface area (Å²) < 4.78 is 25.4. The van der Waals surface area contributed by atoms with E-state index in [1.54, 1.807) is 0 Å². The average Bonchev–Trinajstić information content (AvgIpc) is 2.38. The number of carbonyl (C=O) groups excluding carboxylic acids is 1. The fourth-order valence-electron chi connectivity index (χ4n) is 1.52. The number of hydrogen-bond acceptors (Lipinski definition) is 4. The molecule has 2 N–H and O–H groups in total. The van der Waals surface area contributed by atoms with Crippen molar-refractivity contribution in [2.75, 3.05) is 13.6 Å². The molecule has 0 fully saturated rings. The van der Waals surface area contributed by atoms with Gasteiger partial charge in [0.2, 0.25) is 15.9 Å². The summed E-state index contributed by atoms with van der Waals surface area (Å²) in [6, 6.07) is 5.51. The number of nitrogens with zero attached hydrogens (tertiary/aromatic N) is 1. The summed E-state index contributed by atoms with van der Waals surface area (Å²) in [6.07, 6.45) is 0. The fourth-order valence-corrected chi connectivity index (χ4v) is 2.77. The zero-order valence-corrected chi connectivity index (χ0v) is 13.9. The molecule has 9 heteroatoms. The van der Waals surface area contributed by atoms with E-state index >= 15 is 0 Å². The summed E-state index contributed by atoms with van der Waals surface area (Å²) in [5, 5.41) is 11.6. The van der Waals surface area contributed by atoms with E-state index in [0.717, 1.165) is 4.31 Å². The van der Waals surface area contributed by atoms with Crippen LogP contribution in [0.5, 0.6) is 0 Å². The van der Waals surface area contributed by atoms with E-state index in [9.17, 15) is 18.0 Å². The summed E-state index contributed by atoms with van der Waals surface area (Å²) in [5.74, 6) is -1.93. The Bertz CT molecular complexity index is 670. The van der Waals surface area contributed by atoms with Gasteiger partial charge in [-0.25, -0.2) is 13.2 Å². The Morgan fingerprint density at radius 1 is 1.27 bits per heavy atom. The number of amides is 1. The molecule has 0 bridgehead atoms. The van der Waals surface area contributed by atoms with Crippen LogP contribution in [-0.2, 0) is 19.6 Å². The van der Waals surface area contributed by atoms with Crippen LogP contribution in [0.3, 0.4) is 0 Å². The van der Waals surface area contributed by atoms with Crippen molar-refractivity contribution in [3.05, 3.63) is 29.3 Å². The SMILES string of the molecule is CN(CC(=O)NC(C)(C)C(=O)O)S(=O)(=O)c1ccc(Cl)cc1. The van der Waals surface area contributed by atoms with Gasteiger partial charge in [0.05, 0.1) is 11.4 Å². The molecule has 122 valence electrons. The van der Waals surface area contributed by atoms with E-state index in [0.29, 0.717) is 5.02 Å². The zero-order chi connectivity index (χ0) is 17.1. The third-order valence-electron chi connectivity index (χ3n) is 2.87. The van der Waals surface area contributed by atoms with Crippen LogP contribution in [-0.4, -0.2) is 48.8 Å². The molecule has 0 aromatic heterocycles. The number of nitrogens with one attached hydrogen (secondary N) is 1. The van der Waals surface area contributed by atoms with Crippen molar-refractivity contribution in [3.63, 3.8) is 0 Å². The molecule has 1 rings (SSSR count). The van der Waals surface area contributed by atoms with Gasteiger partial charge in [0, 0.05) is 12.1 Å². The van der Waals surface area contributed by atoms with E-state index < -0.39 is 34.0 Å². The fraction of sp³-hybridized carbons (Fsp3) is 0.385. The van der Waals surface area contributed by atoms with E-state index in [2.05, 4.69) is 5.32 Å². The van der Waals surface area contributed by atoms with Crippen LogP contribution >= 0.6 is 11.6 Å². The van der Waals surface area contributed by atoms with E-state index in [1.165, 1.54) is 45.2 Å². The highest BCUT2D eigenvalue weighted by molar-refractivity contribution is 7.89. The molecule has 22 heavy (non-hydrogen) atoms. The molecule has 0 radical (unpaired) electrons. The van der Waals surface area contributed by atoms with Gasteiger partial charge < -0.3 is 10.4 Å². The van der Waals surface area contributed by atoms with Crippen LogP contribution in [0, 0.1) is 0 Å². The monoisotopic (exact) mass is 348 g/mol. The predicted octanol–water partition coefficient (Wildman–Crippen LogP) is 0.940. The first-order valence-electron chi connectivity index (χ1n) is 6.23. The highest BCUT2D eigenvalue weighted by Gasteiger charge is 2.30. The number of benzene rings is 1. The lowest BCUT2D eigenvalue weighted by Gasteiger charge is -2.23. The maximum Gasteiger partial charge on any atom is 0.328 e. The molecule has 0 heterocycles. The normalized spacial score (nSPS) is 12.2. The molecular formula is C13H17ClN2O5S. The number of carboxylic acids is 1. The molecule has 0 spiro atoms. The van der Waals surface area contributed by atoms with Crippen molar-refractivity contribution in [1.29, 1.82) is 0 Å². The first-order valence-corrected chi connectivity index (χ1v) is 8.05. The second-order valence-electron chi connectivity index (χ2n) is 5.19. The second-order valence-corrected chi connectivity index (χ2v) is 7.67. The smallest absolute Gasteiger partial charge is 0.328 e. The molecule has 0 aliphatic heterocycles. The Balaban J connectivity index is 2.83. The van der Waals surface area contributed by atoms with Crippen LogP contribution < -0.4 is 5.32 Å². The van der Waals surface area contributed by atoms with Crippen LogP contribution in [0.1, 0.15) is 13.8 Å². The number of aliphatic carboxylic acids is 1. The van der Waals surface area contributed by atoms with Gasteiger partial charge in [-0.3, -0.25) is 4.79 Å². The molecule has 0 unspecified atom stereocenters. The summed E-state index contributed by atoms with van der Waals surface area (Å²) in [7, 11) is -2.63. The maximum atomic E-state index is 12.3. The Kier molecular flexibility index (Phi) is 5.55. The Labute approximate surface area is 133 Å². The molecule has 1 aromatic rings. The first-order chi connectivity index (χ1) is 9.96. The van der Waals surface area contributed by atoms with Crippen LogP contribution in [0.2, 0.25) is 5.02 Å². The lowest BCUT2D eigenvalue weighted by molar-refractivity contribution is -0.146. The van der Waals surface area contributed by atoms with Crippen molar-refractivity contribution in [2.45, 2.75) is 24.3 Å². The lowest BCUT2D eigenvalue weighted by Crippen LogP contribution is -2.52. The third-order valence-corrected chi connectivity index (χ3v) is 4.94. The van der Waals surface area contributed by atoms with Crippen molar-refractivity contribution in [3.8, 4) is 0 Å². The maximum absolute atomic E-state index is 12.3. The highest BCUT2D eigenvalue weighted by Crippen LogP contribution is 2.17. The molecule has 1 amide bonds. The summed E-state index contributed by atoms with van der Waals surface area (Å²) in [4.78, 5) is 22.7. The minimum Gasteiger partial charge on any atom is -0.480 e. The number of likely N-dealkylation sites (N-methyl/N-ethyl adjacent to an activating group) is 1. The number of carboxylic acid groups (broad SMARTS) is 1. The summed E-state index contributed by atoms with van der Waals surface area (Å²) in [5.41, 5.74) is -1.48. The van der Waals surface area contributed by atoms with Gasteiger partial charge in [0.1, 0.15) is 5.54 Å². The van der Waals surface area contributed by atoms with Gasteiger partial charge in [-0.1, -0.05) is 11.6 Å². The zero-order valence-electron chi connectivity index (χ0n) is 12.3. The lowest BCUT2D eigenvalue weighted by atomic mass is 10.1. The van der Waals surface area contributed by atoms with Crippen molar-refractivity contribution >= 4 is 33.5 Å². The molecule has 0 atom stereocenters. The van der Waals surface area contributed by atoms with Gasteiger partial charge in [-0.15, -0.1) is 0 Å². The number of sulfonamides is 1. The molecule has 7 nitrogen and oxygen atoms in total. The van der Waals surface area contributed by atoms with Crippen LogP contribution in [0.4, 0.5) is 0 Å². The van der Waals surface area contributed by atoms with E-state index in [1.807, 2.05) is 0 Å². The Morgan fingerprint density at radius 2 is 1.77 bits per heavy atom. The van der Waals surface area contributed by atoms with Gasteiger partial charge in [0.25, 0.3) is 0 Å². The number of rotatable bonds is 6. The van der Waals surface area contributed by atoms with Crippen molar-refractivity contribution in [1.82, 2.24) is 9.62 Å². The molecule has 0 saturated carbocycles. The third kappa shape index (κ3) is 4.43. The number of carbonyl (C=O) groups is 2. The van der Waals surface area contributed by atoms with Gasteiger partial charge >= 0.3 is 5.97 Å². The molecule has 1 aromatic carbocycles. The predicted molar refractivity (Wildman–Crippen MR) is 81.1 cm³/mol. The first kappa shape index (κ1) is 18.4. The van der Waals surface area contributed by atoms with Gasteiger partial charge in [-0.05, 0) is 38.1 Å². The van der Waals surface area contributed by atoms with E-state index in [4.69, 9.17) is 16.7 Å². The molecule has 0 saturated heterocycles. The average molecular weight is 349 g/mol. The second kappa shape index (κ2) is 6.64. The standard InChI is InChI=1S/C13H17ClN2O5S/c1-13(2,12(18)19)15-11(17)8-16(3)22(20,21)10-6-4-9(14)5-7-10/h4-7H,8H2,1-3H3,(H,15,17)(H,18,19). The largest absolute Gasteiger partial charge is 0.480 e. The molecule has 0 aliphatic rings. The number of halogens is 1. The summed E-state index contributed by atoms with van der Waals surface area (Å²) in [6.45, 7) is 2.11. The van der Waals surface area contributed by atoms with E-state index in [-0.39, 0.29) is 4.90 Å². The van der Waals surface area contributed by atoms with Crippen LogP contribution in [0.15, 0.2) is 29.2 Å². The van der Waals surface area contributed by atoms with Crippen molar-refractivity contribution < 1.29 is 23.1 Å². The minimum atomic E-state index is -3.86. The highest BCUT2D eigenvalue weighted by atomic mass is 35.5. The Hall–Kier alpha value is -1.64. The topological polar surface area (TPSA) is 104 Å². The van der Waals surface area contributed by atoms with Gasteiger partial charge in [0.15, 0.2) is 0 Å². The quantitative estimate of drug-likeness (QED) is 0.796. The number of hydrogen-bond donors (Lipinski definition) is 2. The van der Waals surface area contributed by atoms with Crippen molar-refractivity contribution in [2.24, 2.45) is 0 Å². The molecule has 0 aliphatic carbocycles. The summed E-state index contributed by atoms with van der Waals surface area (Å²) >= 11 is 5.70. The van der Waals surface area contributed by atoms with Gasteiger partial charge in [-0.2, -0.15) is 4.31 Å².